The molecule has 1 aromatic rings. The van der Waals surface area contributed by atoms with Gasteiger partial charge >= 0.3 is 0 Å². The van der Waals surface area contributed by atoms with E-state index in [9.17, 15) is 9.90 Å². The number of carbonyl (C=O) groups is 1. The Morgan fingerprint density at radius 2 is 1.70 bits per heavy atom. The second kappa shape index (κ2) is 3.87. The van der Waals surface area contributed by atoms with Crippen LogP contribution in [0.4, 0.5) is 0 Å². The van der Waals surface area contributed by atoms with Crippen molar-refractivity contribution < 1.29 is 9.90 Å². The van der Waals surface area contributed by atoms with Crippen LogP contribution >= 0.6 is 0 Å². The Labute approximate surface area is 120 Å². The first-order chi connectivity index (χ1) is 9.51. The Morgan fingerprint density at radius 1 is 1.10 bits per heavy atom. The molecule has 4 bridgehead atoms. The lowest BCUT2D eigenvalue weighted by Crippen LogP contribution is -2.56. The molecule has 4 aliphatic carbocycles. The van der Waals surface area contributed by atoms with E-state index in [0.29, 0.717) is 11.5 Å². The molecule has 0 radical (unpaired) electrons. The van der Waals surface area contributed by atoms with Gasteiger partial charge in [0.1, 0.15) is 11.5 Å². The van der Waals surface area contributed by atoms with Gasteiger partial charge in [-0.25, -0.2) is 0 Å². The molecule has 2 atom stereocenters. The first kappa shape index (κ1) is 12.4. The highest BCUT2D eigenvalue weighted by Gasteiger charge is 2.59. The normalized spacial score (nSPS) is 41.9. The van der Waals surface area contributed by atoms with E-state index in [4.69, 9.17) is 0 Å². The topological polar surface area (TPSA) is 37.3 Å². The molecule has 106 valence electrons. The van der Waals surface area contributed by atoms with Crippen LogP contribution in [0.5, 0.6) is 5.75 Å². The van der Waals surface area contributed by atoms with Crippen LogP contribution in [0.25, 0.3) is 0 Å². The van der Waals surface area contributed by atoms with Gasteiger partial charge in [0.2, 0.25) is 0 Å². The number of hydrogen-bond acceptors (Lipinski definition) is 2. The molecule has 2 unspecified atom stereocenters. The van der Waals surface area contributed by atoms with E-state index in [1.807, 2.05) is 0 Å². The summed E-state index contributed by atoms with van der Waals surface area (Å²) in [5.41, 5.74) is 1.50. The van der Waals surface area contributed by atoms with Crippen molar-refractivity contribution in [3.63, 3.8) is 0 Å². The highest BCUT2D eigenvalue weighted by Crippen LogP contribution is 2.65. The predicted octanol–water partition coefficient (Wildman–Crippen LogP) is 3.82. The van der Waals surface area contributed by atoms with E-state index in [-0.39, 0.29) is 10.8 Å². The SMILES string of the molecule is CC(=O)C12CC3CC(C1)CC(c1ccc(O)cc1)(C3)C2. The average Bonchev–Trinajstić information content (AvgIpc) is 2.37. The van der Waals surface area contributed by atoms with Crippen molar-refractivity contribution in [1.82, 2.24) is 0 Å². The zero-order valence-corrected chi connectivity index (χ0v) is 12.1. The second-order valence-corrected chi connectivity index (χ2v) is 7.62. The monoisotopic (exact) mass is 270 g/mol. The molecule has 4 aliphatic rings. The van der Waals surface area contributed by atoms with Crippen LogP contribution in [-0.2, 0) is 10.2 Å². The number of rotatable bonds is 2. The van der Waals surface area contributed by atoms with Crippen LogP contribution in [0.3, 0.4) is 0 Å². The summed E-state index contributed by atoms with van der Waals surface area (Å²) in [6, 6.07) is 7.76. The van der Waals surface area contributed by atoms with Crippen LogP contribution in [0.2, 0.25) is 0 Å². The Bertz CT molecular complexity index is 543. The summed E-state index contributed by atoms with van der Waals surface area (Å²) in [6.45, 7) is 1.80. The largest absolute Gasteiger partial charge is 0.508 e. The van der Waals surface area contributed by atoms with Crippen molar-refractivity contribution in [2.24, 2.45) is 17.3 Å². The predicted molar refractivity (Wildman–Crippen MR) is 77.6 cm³/mol. The van der Waals surface area contributed by atoms with E-state index in [1.54, 1.807) is 19.1 Å². The quantitative estimate of drug-likeness (QED) is 0.887. The summed E-state index contributed by atoms with van der Waals surface area (Å²) in [5.74, 6) is 2.21. The minimum absolute atomic E-state index is 0.0397. The van der Waals surface area contributed by atoms with E-state index in [1.165, 1.54) is 24.8 Å². The number of phenolic OH excluding ortho intramolecular Hbond substituents is 1. The minimum Gasteiger partial charge on any atom is -0.508 e. The number of phenols is 1. The Kier molecular flexibility index (Phi) is 2.40. The molecule has 5 rings (SSSR count). The number of hydrogen-bond donors (Lipinski definition) is 1. The van der Waals surface area contributed by atoms with Crippen LogP contribution in [-0.4, -0.2) is 10.9 Å². The van der Waals surface area contributed by atoms with E-state index in [2.05, 4.69) is 12.1 Å². The second-order valence-electron chi connectivity index (χ2n) is 7.62. The van der Waals surface area contributed by atoms with Gasteiger partial charge in [-0.1, -0.05) is 12.1 Å². The van der Waals surface area contributed by atoms with Gasteiger partial charge in [0.15, 0.2) is 0 Å². The Hall–Kier alpha value is -1.31. The van der Waals surface area contributed by atoms with Gasteiger partial charge in [-0.15, -0.1) is 0 Å². The lowest BCUT2D eigenvalue weighted by molar-refractivity contribution is -0.144. The summed E-state index contributed by atoms with van der Waals surface area (Å²) in [7, 11) is 0. The highest BCUT2D eigenvalue weighted by molar-refractivity contribution is 5.83. The zero-order valence-electron chi connectivity index (χ0n) is 12.1. The van der Waals surface area contributed by atoms with Gasteiger partial charge in [-0.3, -0.25) is 4.79 Å². The number of Topliss-reactive ketones (excluding diaryl/α,β-unsaturated/α-hetero) is 1. The summed E-state index contributed by atoms with van der Waals surface area (Å²) < 4.78 is 0. The molecule has 0 aromatic heterocycles. The van der Waals surface area contributed by atoms with Gasteiger partial charge in [0.05, 0.1) is 0 Å². The number of carbonyl (C=O) groups excluding carboxylic acids is 1. The Balaban J connectivity index is 1.79. The number of benzene rings is 1. The third kappa shape index (κ3) is 1.60. The standard InChI is InChI=1S/C18H22O2/c1-12(19)17-7-13-6-14(8-17)10-18(9-13,11-17)15-2-4-16(20)5-3-15/h2-5,13-14,20H,6-11H2,1H3. The first-order valence-corrected chi connectivity index (χ1v) is 7.82. The van der Waals surface area contributed by atoms with E-state index < -0.39 is 0 Å². The fraction of sp³-hybridized carbons (Fsp3) is 0.611. The van der Waals surface area contributed by atoms with Gasteiger partial charge < -0.3 is 5.11 Å². The molecule has 0 heterocycles. The molecule has 0 spiro atoms. The number of aromatic hydroxyl groups is 1. The molecule has 1 aromatic carbocycles. The van der Waals surface area contributed by atoms with Crippen molar-refractivity contribution in [3.8, 4) is 5.75 Å². The molecular weight excluding hydrogens is 248 g/mol. The highest BCUT2D eigenvalue weighted by atomic mass is 16.3. The van der Waals surface area contributed by atoms with Crippen LogP contribution in [0, 0.1) is 17.3 Å². The molecule has 4 fully saturated rings. The lowest BCUT2D eigenvalue weighted by atomic mass is 9.42. The van der Waals surface area contributed by atoms with E-state index >= 15 is 0 Å². The van der Waals surface area contributed by atoms with Crippen LogP contribution in [0.15, 0.2) is 24.3 Å². The molecule has 0 aliphatic heterocycles. The number of ketones is 1. The Morgan fingerprint density at radius 3 is 2.25 bits per heavy atom. The summed E-state index contributed by atoms with van der Waals surface area (Å²) in [6.07, 6.45) is 7.09. The average molecular weight is 270 g/mol. The minimum atomic E-state index is -0.0397. The van der Waals surface area contributed by atoms with Gasteiger partial charge in [-0.05, 0) is 80.4 Å². The molecule has 4 saturated carbocycles. The lowest BCUT2D eigenvalue weighted by Gasteiger charge is -2.61. The van der Waals surface area contributed by atoms with Crippen LogP contribution in [0.1, 0.15) is 51.0 Å². The van der Waals surface area contributed by atoms with Crippen molar-refractivity contribution >= 4 is 5.78 Å². The van der Waals surface area contributed by atoms with Crippen molar-refractivity contribution in [2.45, 2.75) is 50.9 Å². The molecule has 0 amide bonds. The molecule has 2 heteroatoms. The molecule has 20 heavy (non-hydrogen) atoms. The van der Waals surface area contributed by atoms with Crippen LogP contribution < -0.4 is 0 Å². The summed E-state index contributed by atoms with van der Waals surface area (Å²) >= 11 is 0. The van der Waals surface area contributed by atoms with Gasteiger partial charge in [0.25, 0.3) is 0 Å². The molecule has 1 N–H and O–H groups in total. The van der Waals surface area contributed by atoms with Crippen molar-refractivity contribution in [3.05, 3.63) is 29.8 Å². The fourth-order valence-corrected chi connectivity index (χ4v) is 5.83. The van der Waals surface area contributed by atoms with Crippen molar-refractivity contribution in [1.29, 1.82) is 0 Å². The molecule has 2 nitrogen and oxygen atoms in total. The maximum Gasteiger partial charge on any atom is 0.136 e. The third-order valence-electron chi connectivity index (χ3n) is 6.29. The van der Waals surface area contributed by atoms with Gasteiger partial charge in [0, 0.05) is 5.41 Å². The summed E-state index contributed by atoms with van der Waals surface area (Å²) in [5, 5.41) is 9.52. The maximum atomic E-state index is 12.3. The zero-order chi connectivity index (χ0) is 14.0. The smallest absolute Gasteiger partial charge is 0.136 e. The fourth-order valence-electron chi connectivity index (χ4n) is 5.83. The summed E-state index contributed by atoms with van der Waals surface area (Å²) in [4.78, 5) is 12.3. The third-order valence-corrected chi connectivity index (χ3v) is 6.29. The molecular formula is C18H22O2. The maximum absolute atomic E-state index is 12.3. The van der Waals surface area contributed by atoms with E-state index in [0.717, 1.165) is 31.1 Å². The first-order valence-electron chi connectivity index (χ1n) is 7.82. The van der Waals surface area contributed by atoms with Gasteiger partial charge in [-0.2, -0.15) is 0 Å². The molecule has 0 saturated heterocycles. The van der Waals surface area contributed by atoms with Crippen molar-refractivity contribution in [2.75, 3.05) is 0 Å².